The lowest BCUT2D eigenvalue weighted by Gasteiger charge is -1.98. The van der Waals surface area contributed by atoms with Crippen molar-refractivity contribution in [3.63, 3.8) is 0 Å². The normalized spacial score (nSPS) is 9.50. The molecule has 4 heteroatoms. The Morgan fingerprint density at radius 1 is 1.50 bits per heavy atom. The van der Waals surface area contributed by atoms with Gasteiger partial charge in [-0.05, 0) is 19.1 Å². The Kier molecular flexibility index (Phi) is 4.46. The second-order valence-electron chi connectivity index (χ2n) is 2.90. The Hall–Kier alpha value is -1.89. The van der Waals surface area contributed by atoms with Crippen LogP contribution in [0.1, 0.15) is 24.5 Å². The summed E-state index contributed by atoms with van der Waals surface area (Å²) < 4.78 is 29.2. The van der Waals surface area contributed by atoms with Gasteiger partial charge in [0.15, 0.2) is 0 Å². The van der Waals surface area contributed by atoms with Gasteiger partial charge in [0.1, 0.15) is 0 Å². The first-order valence-corrected chi connectivity index (χ1v) is 4.70. The van der Waals surface area contributed by atoms with E-state index in [4.69, 9.17) is 0 Å². The molecule has 0 fully saturated rings. The van der Waals surface area contributed by atoms with E-state index in [9.17, 15) is 13.6 Å². The van der Waals surface area contributed by atoms with Crippen LogP contribution in [0.4, 0.5) is 8.78 Å². The van der Waals surface area contributed by atoms with Crippen LogP contribution in [0.15, 0.2) is 24.3 Å². The minimum atomic E-state index is -2.54. The molecule has 1 aromatic rings. The van der Waals surface area contributed by atoms with Crippen molar-refractivity contribution in [3.05, 3.63) is 35.4 Å². The van der Waals surface area contributed by atoms with Crippen molar-refractivity contribution >= 4 is 5.97 Å². The van der Waals surface area contributed by atoms with E-state index in [2.05, 4.69) is 16.6 Å². The zero-order valence-corrected chi connectivity index (χ0v) is 8.67. The topological polar surface area (TPSA) is 26.3 Å². The molecule has 0 aliphatic rings. The van der Waals surface area contributed by atoms with E-state index in [1.807, 2.05) is 0 Å². The molecule has 0 aliphatic carbocycles. The molecule has 1 aromatic carbocycles. The molecular weight excluding hydrogens is 214 g/mol. The van der Waals surface area contributed by atoms with Gasteiger partial charge in [-0.1, -0.05) is 18.1 Å². The molecule has 0 bridgehead atoms. The van der Waals surface area contributed by atoms with Gasteiger partial charge in [-0.15, -0.1) is 0 Å². The van der Waals surface area contributed by atoms with Crippen LogP contribution < -0.4 is 0 Å². The zero-order valence-electron chi connectivity index (χ0n) is 8.67. The Balaban J connectivity index is 2.81. The molecule has 0 N–H and O–H groups in total. The van der Waals surface area contributed by atoms with Crippen molar-refractivity contribution in [3.8, 4) is 11.8 Å². The largest absolute Gasteiger partial charge is 0.456 e. The highest BCUT2D eigenvalue weighted by atomic mass is 19.3. The lowest BCUT2D eigenvalue weighted by molar-refractivity contribution is -0.136. The molecule has 0 atom stereocenters. The first-order valence-electron chi connectivity index (χ1n) is 4.70. The first-order chi connectivity index (χ1) is 7.63. The minimum Gasteiger partial charge on any atom is -0.456 e. The van der Waals surface area contributed by atoms with Gasteiger partial charge in [-0.3, -0.25) is 0 Å². The average molecular weight is 224 g/mol. The first kappa shape index (κ1) is 12.2. The number of alkyl halides is 2. The maximum Gasteiger partial charge on any atom is 0.384 e. The van der Waals surface area contributed by atoms with Crippen molar-refractivity contribution in [1.82, 2.24) is 0 Å². The fourth-order valence-corrected chi connectivity index (χ4v) is 1.04. The predicted octanol–water partition coefficient (Wildman–Crippen LogP) is 2.54. The van der Waals surface area contributed by atoms with Crippen LogP contribution in [0.3, 0.4) is 0 Å². The number of carbonyl (C=O) groups is 1. The second kappa shape index (κ2) is 5.86. The Morgan fingerprint density at radius 2 is 2.25 bits per heavy atom. The average Bonchev–Trinajstić information content (AvgIpc) is 2.27. The van der Waals surface area contributed by atoms with Crippen molar-refractivity contribution < 1.29 is 18.3 Å². The van der Waals surface area contributed by atoms with Crippen LogP contribution in [-0.4, -0.2) is 12.6 Å². The lowest BCUT2D eigenvalue weighted by atomic mass is 10.1. The summed E-state index contributed by atoms with van der Waals surface area (Å²) >= 11 is 0. The summed E-state index contributed by atoms with van der Waals surface area (Å²) in [5.74, 6) is 4.01. The fraction of sp³-hybridized carbons (Fsp3) is 0.250. The number of esters is 1. The molecule has 84 valence electrons. The number of carbonyl (C=O) groups excluding carboxylic acids is 1. The molecule has 1 rings (SSSR count). The smallest absolute Gasteiger partial charge is 0.384 e. The molecule has 0 saturated carbocycles. The van der Waals surface area contributed by atoms with Crippen LogP contribution in [0.25, 0.3) is 0 Å². The molecule has 0 unspecified atom stereocenters. The molecule has 0 heterocycles. The Labute approximate surface area is 92.2 Å². The summed E-state index contributed by atoms with van der Waals surface area (Å²) in [5, 5.41) is 0. The van der Waals surface area contributed by atoms with Gasteiger partial charge in [0.25, 0.3) is 6.43 Å². The van der Waals surface area contributed by atoms with E-state index in [0.717, 1.165) is 0 Å². The van der Waals surface area contributed by atoms with Crippen LogP contribution in [0, 0.1) is 11.8 Å². The minimum absolute atomic E-state index is 0.115. The van der Waals surface area contributed by atoms with Crippen molar-refractivity contribution in [2.24, 2.45) is 0 Å². The number of ether oxygens (including phenoxy) is 1. The monoisotopic (exact) mass is 224 g/mol. The summed E-state index contributed by atoms with van der Waals surface area (Å²) in [5.41, 5.74) is 0.251. The van der Waals surface area contributed by atoms with Gasteiger partial charge in [0, 0.05) is 17.0 Å². The van der Waals surface area contributed by atoms with Gasteiger partial charge >= 0.3 is 5.97 Å². The third-order valence-electron chi connectivity index (χ3n) is 1.72. The van der Waals surface area contributed by atoms with E-state index in [1.165, 1.54) is 18.2 Å². The van der Waals surface area contributed by atoms with Crippen LogP contribution in [-0.2, 0) is 9.53 Å². The van der Waals surface area contributed by atoms with Crippen LogP contribution in [0.2, 0.25) is 0 Å². The summed E-state index contributed by atoms with van der Waals surface area (Å²) in [6.45, 7) is 1.90. The van der Waals surface area contributed by atoms with Gasteiger partial charge in [0.2, 0.25) is 0 Å². The SMILES string of the molecule is CCOC(=O)C#Cc1cccc(C(F)F)c1. The number of hydrogen-bond donors (Lipinski definition) is 0. The van der Waals surface area contributed by atoms with Crippen molar-refractivity contribution in [2.45, 2.75) is 13.3 Å². The molecule has 0 amide bonds. The van der Waals surface area contributed by atoms with Crippen LogP contribution >= 0.6 is 0 Å². The van der Waals surface area contributed by atoms with Crippen LogP contribution in [0.5, 0.6) is 0 Å². The predicted molar refractivity (Wildman–Crippen MR) is 54.9 cm³/mol. The Bertz CT molecular complexity index is 430. The molecule has 2 nitrogen and oxygen atoms in total. The summed E-state index contributed by atoms with van der Waals surface area (Å²) in [6, 6.07) is 5.58. The number of halogens is 2. The highest BCUT2D eigenvalue weighted by Crippen LogP contribution is 2.18. The number of hydrogen-bond acceptors (Lipinski definition) is 2. The lowest BCUT2D eigenvalue weighted by Crippen LogP contribution is -1.99. The molecule has 0 spiro atoms. The van der Waals surface area contributed by atoms with Gasteiger partial charge in [-0.2, -0.15) is 0 Å². The maximum atomic E-state index is 12.3. The molecule has 0 saturated heterocycles. The molecular formula is C12H10F2O2. The van der Waals surface area contributed by atoms with E-state index in [-0.39, 0.29) is 12.2 Å². The van der Waals surface area contributed by atoms with E-state index >= 15 is 0 Å². The highest BCUT2D eigenvalue weighted by molar-refractivity contribution is 5.89. The Morgan fingerprint density at radius 3 is 2.88 bits per heavy atom. The molecule has 0 radical (unpaired) electrons. The van der Waals surface area contributed by atoms with E-state index in [1.54, 1.807) is 13.0 Å². The third kappa shape index (κ3) is 3.70. The number of benzene rings is 1. The van der Waals surface area contributed by atoms with Gasteiger partial charge in [-0.25, -0.2) is 13.6 Å². The summed E-state index contributed by atoms with van der Waals surface area (Å²) in [6.07, 6.45) is -2.54. The van der Waals surface area contributed by atoms with E-state index in [0.29, 0.717) is 5.56 Å². The maximum absolute atomic E-state index is 12.3. The standard InChI is InChI=1S/C12H10F2O2/c1-2-16-11(15)7-6-9-4-3-5-10(8-9)12(13)14/h3-5,8,12H,2H2,1H3. The molecule has 16 heavy (non-hydrogen) atoms. The highest BCUT2D eigenvalue weighted by Gasteiger charge is 2.05. The summed E-state index contributed by atoms with van der Waals surface area (Å²) in [7, 11) is 0. The van der Waals surface area contributed by atoms with Gasteiger partial charge < -0.3 is 4.74 Å². The quantitative estimate of drug-likeness (QED) is 0.570. The zero-order chi connectivity index (χ0) is 12.0. The molecule has 0 aromatic heterocycles. The fourth-order valence-electron chi connectivity index (χ4n) is 1.04. The second-order valence-corrected chi connectivity index (χ2v) is 2.90. The molecule has 0 aliphatic heterocycles. The van der Waals surface area contributed by atoms with Crippen molar-refractivity contribution in [1.29, 1.82) is 0 Å². The van der Waals surface area contributed by atoms with Crippen molar-refractivity contribution in [2.75, 3.05) is 6.61 Å². The van der Waals surface area contributed by atoms with E-state index < -0.39 is 12.4 Å². The third-order valence-corrected chi connectivity index (χ3v) is 1.72. The number of rotatable bonds is 2. The summed E-state index contributed by atoms with van der Waals surface area (Å²) in [4.78, 5) is 10.9. The van der Waals surface area contributed by atoms with Gasteiger partial charge in [0.05, 0.1) is 6.61 Å².